The van der Waals surface area contributed by atoms with Gasteiger partial charge in [-0.25, -0.2) is 4.79 Å². The van der Waals surface area contributed by atoms with E-state index in [1.165, 1.54) is 0 Å². The average Bonchev–Trinajstić information content (AvgIpc) is 2.36. The summed E-state index contributed by atoms with van der Waals surface area (Å²) >= 11 is 0. The number of likely N-dealkylation sites (tertiary alicyclic amines) is 1. The zero-order valence-electron chi connectivity index (χ0n) is 13.3. The summed E-state index contributed by atoms with van der Waals surface area (Å²) in [5, 5.41) is 8.97. The van der Waals surface area contributed by atoms with Gasteiger partial charge in [-0.3, -0.25) is 9.69 Å². The summed E-state index contributed by atoms with van der Waals surface area (Å²) in [4.78, 5) is 29.3. The summed E-state index contributed by atoms with van der Waals surface area (Å²) in [7, 11) is 0. The van der Waals surface area contributed by atoms with Crippen molar-refractivity contribution in [1.29, 1.82) is 0 Å². The van der Waals surface area contributed by atoms with E-state index in [0.29, 0.717) is 19.0 Å². The van der Waals surface area contributed by atoms with Gasteiger partial charge in [-0.2, -0.15) is 0 Å². The molecule has 1 unspecified atom stereocenters. The van der Waals surface area contributed by atoms with Crippen LogP contribution in [-0.2, 0) is 4.79 Å². The third kappa shape index (κ3) is 3.87. The standard InChI is InChI=1S/C15H27N3O3/c1-11(2)8-16-4-6-17(7-5-16)15(21)18-9-13(10-18)12(3)14(19)20/h11-13H,4-10H2,1-3H3,(H,19,20). The van der Waals surface area contributed by atoms with Crippen molar-refractivity contribution in [2.24, 2.45) is 17.8 Å². The lowest BCUT2D eigenvalue weighted by molar-refractivity contribution is -0.144. The number of piperazine rings is 1. The smallest absolute Gasteiger partial charge is 0.320 e. The summed E-state index contributed by atoms with van der Waals surface area (Å²) in [5.74, 6) is -0.374. The second-order valence-corrected chi connectivity index (χ2v) is 6.76. The van der Waals surface area contributed by atoms with E-state index in [1.807, 2.05) is 4.90 Å². The number of nitrogens with zero attached hydrogens (tertiary/aromatic N) is 3. The summed E-state index contributed by atoms with van der Waals surface area (Å²) in [5.41, 5.74) is 0. The van der Waals surface area contributed by atoms with Gasteiger partial charge in [0.15, 0.2) is 0 Å². The minimum Gasteiger partial charge on any atom is -0.481 e. The first-order chi connectivity index (χ1) is 9.88. The van der Waals surface area contributed by atoms with Gasteiger partial charge in [0.1, 0.15) is 0 Å². The number of carbonyl (C=O) groups is 2. The molecule has 2 saturated heterocycles. The van der Waals surface area contributed by atoms with Crippen LogP contribution in [0.1, 0.15) is 20.8 Å². The molecule has 2 rings (SSSR count). The average molecular weight is 297 g/mol. The number of carbonyl (C=O) groups excluding carboxylic acids is 1. The first-order valence-corrected chi connectivity index (χ1v) is 7.87. The minimum atomic E-state index is -0.769. The van der Waals surface area contributed by atoms with Crippen molar-refractivity contribution >= 4 is 12.0 Å². The summed E-state index contributed by atoms with van der Waals surface area (Å²) in [6, 6.07) is 0.0769. The summed E-state index contributed by atoms with van der Waals surface area (Å²) < 4.78 is 0. The van der Waals surface area contributed by atoms with Gasteiger partial charge in [0.05, 0.1) is 5.92 Å². The maximum absolute atomic E-state index is 12.3. The Morgan fingerprint density at radius 1 is 1.05 bits per heavy atom. The van der Waals surface area contributed by atoms with E-state index in [0.717, 1.165) is 32.7 Å². The molecule has 0 saturated carbocycles. The van der Waals surface area contributed by atoms with E-state index >= 15 is 0 Å². The van der Waals surface area contributed by atoms with Crippen LogP contribution in [0, 0.1) is 17.8 Å². The van der Waals surface area contributed by atoms with Crippen molar-refractivity contribution < 1.29 is 14.7 Å². The Balaban J connectivity index is 1.73. The van der Waals surface area contributed by atoms with Crippen LogP contribution in [0.5, 0.6) is 0 Å². The predicted molar refractivity (Wildman–Crippen MR) is 80.1 cm³/mol. The molecule has 6 nitrogen and oxygen atoms in total. The molecule has 2 amide bonds. The number of hydrogen-bond donors (Lipinski definition) is 1. The molecule has 21 heavy (non-hydrogen) atoms. The van der Waals surface area contributed by atoms with Gasteiger partial charge in [-0.1, -0.05) is 20.8 Å². The molecular weight excluding hydrogens is 270 g/mol. The Kier molecular flexibility index (Phi) is 5.08. The van der Waals surface area contributed by atoms with Crippen molar-refractivity contribution in [3.63, 3.8) is 0 Å². The number of urea groups is 1. The summed E-state index contributed by atoms with van der Waals surface area (Å²) in [6.45, 7) is 11.8. The Morgan fingerprint density at radius 2 is 1.62 bits per heavy atom. The fraction of sp³-hybridized carbons (Fsp3) is 0.867. The van der Waals surface area contributed by atoms with Crippen molar-refractivity contribution in [3.05, 3.63) is 0 Å². The largest absolute Gasteiger partial charge is 0.481 e. The van der Waals surface area contributed by atoms with Gasteiger partial charge >= 0.3 is 12.0 Å². The van der Waals surface area contributed by atoms with Gasteiger partial charge in [0.25, 0.3) is 0 Å². The van der Waals surface area contributed by atoms with Crippen LogP contribution in [0.3, 0.4) is 0 Å². The van der Waals surface area contributed by atoms with Crippen LogP contribution >= 0.6 is 0 Å². The van der Waals surface area contributed by atoms with Crippen LogP contribution in [0.25, 0.3) is 0 Å². The maximum atomic E-state index is 12.3. The van der Waals surface area contributed by atoms with E-state index in [2.05, 4.69) is 18.7 Å². The molecule has 0 aromatic carbocycles. The molecule has 2 aliphatic heterocycles. The highest BCUT2D eigenvalue weighted by atomic mass is 16.4. The fourth-order valence-corrected chi connectivity index (χ4v) is 3.02. The number of amides is 2. The van der Waals surface area contributed by atoms with E-state index < -0.39 is 5.97 Å². The van der Waals surface area contributed by atoms with Gasteiger partial charge in [0, 0.05) is 51.7 Å². The monoisotopic (exact) mass is 297 g/mol. The second kappa shape index (κ2) is 6.64. The van der Waals surface area contributed by atoms with Crippen LogP contribution in [0.15, 0.2) is 0 Å². The quantitative estimate of drug-likeness (QED) is 0.842. The lowest BCUT2D eigenvalue weighted by Gasteiger charge is -2.45. The van der Waals surface area contributed by atoms with E-state index in [4.69, 9.17) is 5.11 Å². The topological polar surface area (TPSA) is 64.1 Å². The lowest BCUT2D eigenvalue weighted by atomic mass is 9.87. The highest BCUT2D eigenvalue weighted by Gasteiger charge is 2.39. The molecule has 2 aliphatic rings. The molecular formula is C15H27N3O3. The Labute approximate surface area is 126 Å². The molecule has 0 radical (unpaired) electrons. The van der Waals surface area contributed by atoms with Crippen LogP contribution in [0.2, 0.25) is 0 Å². The molecule has 120 valence electrons. The highest BCUT2D eigenvalue weighted by molar-refractivity contribution is 5.76. The zero-order chi connectivity index (χ0) is 15.6. The normalized spacial score (nSPS) is 22.3. The van der Waals surface area contributed by atoms with Gasteiger partial charge in [0.2, 0.25) is 0 Å². The zero-order valence-corrected chi connectivity index (χ0v) is 13.3. The molecule has 6 heteroatoms. The SMILES string of the molecule is CC(C)CN1CCN(C(=O)N2CC(C(C)C(=O)O)C2)CC1. The lowest BCUT2D eigenvalue weighted by Crippen LogP contribution is -2.60. The molecule has 1 atom stereocenters. The number of aliphatic carboxylic acids is 1. The Hall–Kier alpha value is -1.30. The van der Waals surface area contributed by atoms with E-state index in [-0.39, 0.29) is 17.9 Å². The maximum Gasteiger partial charge on any atom is 0.320 e. The fourth-order valence-electron chi connectivity index (χ4n) is 3.02. The molecule has 0 aromatic heterocycles. The molecule has 0 aromatic rings. The van der Waals surface area contributed by atoms with Crippen molar-refractivity contribution in [1.82, 2.24) is 14.7 Å². The number of rotatable bonds is 4. The number of carboxylic acid groups (broad SMARTS) is 1. The van der Waals surface area contributed by atoms with E-state index in [1.54, 1.807) is 11.8 Å². The van der Waals surface area contributed by atoms with Crippen LogP contribution in [-0.4, -0.2) is 77.6 Å². The van der Waals surface area contributed by atoms with E-state index in [9.17, 15) is 9.59 Å². The number of carboxylic acids is 1. The van der Waals surface area contributed by atoms with Crippen LogP contribution < -0.4 is 0 Å². The molecule has 2 fully saturated rings. The predicted octanol–water partition coefficient (Wildman–Crippen LogP) is 1.03. The third-order valence-corrected chi connectivity index (χ3v) is 4.54. The molecule has 0 bridgehead atoms. The molecule has 2 heterocycles. The van der Waals surface area contributed by atoms with Crippen LogP contribution in [0.4, 0.5) is 4.79 Å². The number of hydrogen-bond acceptors (Lipinski definition) is 3. The first-order valence-electron chi connectivity index (χ1n) is 7.87. The molecule has 0 spiro atoms. The van der Waals surface area contributed by atoms with Gasteiger partial charge in [-0.05, 0) is 5.92 Å². The first kappa shape index (κ1) is 16.1. The Bertz CT molecular complexity index is 386. The van der Waals surface area contributed by atoms with Gasteiger partial charge < -0.3 is 14.9 Å². The highest BCUT2D eigenvalue weighted by Crippen LogP contribution is 2.25. The van der Waals surface area contributed by atoms with Crippen molar-refractivity contribution in [2.45, 2.75) is 20.8 Å². The minimum absolute atomic E-state index is 0.0769. The molecule has 0 aliphatic carbocycles. The second-order valence-electron chi connectivity index (χ2n) is 6.76. The molecule has 1 N–H and O–H groups in total. The Morgan fingerprint density at radius 3 is 2.10 bits per heavy atom. The van der Waals surface area contributed by atoms with Crippen molar-refractivity contribution in [2.75, 3.05) is 45.8 Å². The summed E-state index contributed by atoms with van der Waals surface area (Å²) in [6.07, 6.45) is 0. The third-order valence-electron chi connectivity index (χ3n) is 4.54. The van der Waals surface area contributed by atoms with Gasteiger partial charge in [-0.15, -0.1) is 0 Å². The van der Waals surface area contributed by atoms with Crippen molar-refractivity contribution in [3.8, 4) is 0 Å².